The quantitative estimate of drug-likeness (QED) is 0.522. The van der Waals surface area contributed by atoms with Gasteiger partial charge in [0.2, 0.25) is 5.91 Å². The van der Waals surface area contributed by atoms with Gasteiger partial charge in [0, 0.05) is 12.5 Å². The number of amides is 1. The predicted molar refractivity (Wildman–Crippen MR) is 71.9 cm³/mol. The lowest BCUT2D eigenvalue weighted by Gasteiger charge is -2.20. The fourth-order valence-corrected chi connectivity index (χ4v) is 2.53. The van der Waals surface area contributed by atoms with E-state index in [9.17, 15) is 4.79 Å². The zero-order valence-electron chi connectivity index (χ0n) is 10.2. The molecule has 0 heterocycles. The molecule has 3 heteroatoms. The Morgan fingerprint density at radius 2 is 1.75 bits per heavy atom. The van der Waals surface area contributed by atoms with Crippen molar-refractivity contribution >= 4 is 18.5 Å². The van der Waals surface area contributed by atoms with E-state index in [1.165, 1.54) is 38.5 Å². The van der Waals surface area contributed by atoms with Crippen molar-refractivity contribution in [2.24, 2.45) is 5.92 Å². The molecular formula is C13H25NOS. The second-order valence-electron chi connectivity index (χ2n) is 4.76. The van der Waals surface area contributed by atoms with E-state index in [2.05, 4.69) is 17.9 Å². The largest absolute Gasteiger partial charge is 0.356 e. The maximum atomic E-state index is 11.8. The average Bonchev–Trinajstić information content (AvgIpc) is 2.34. The summed E-state index contributed by atoms with van der Waals surface area (Å²) < 4.78 is 0. The molecule has 2 nitrogen and oxygen atoms in total. The molecule has 0 saturated heterocycles. The van der Waals surface area contributed by atoms with Gasteiger partial charge in [-0.05, 0) is 31.4 Å². The van der Waals surface area contributed by atoms with Crippen LogP contribution in [0.15, 0.2) is 0 Å². The maximum absolute atomic E-state index is 11.8. The number of thiol groups is 1. The zero-order valence-corrected chi connectivity index (χ0v) is 11.1. The molecule has 1 N–H and O–H groups in total. The molecule has 94 valence electrons. The molecule has 1 rings (SSSR count). The van der Waals surface area contributed by atoms with Gasteiger partial charge < -0.3 is 5.32 Å². The third-order valence-electron chi connectivity index (χ3n) is 3.36. The molecule has 0 aliphatic heterocycles. The lowest BCUT2D eigenvalue weighted by Crippen LogP contribution is -2.32. The molecule has 1 amide bonds. The second-order valence-corrected chi connectivity index (χ2v) is 5.21. The third-order valence-corrected chi connectivity index (χ3v) is 3.68. The minimum atomic E-state index is 0.300. The first-order valence-electron chi connectivity index (χ1n) is 6.73. The molecule has 0 unspecified atom stereocenters. The van der Waals surface area contributed by atoms with E-state index in [0.717, 1.165) is 31.6 Å². The Kier molecular flexibility index (Phi) is 7.73. The first kappa shape index (κ1) is 13.9. The van der Waals surface area contributed by atoms with Crippen LogP contribution in [-0.2, 0) is 4.79 Å². The van der Waals surface area contributed by atoms with E-state index in [0.29, 0.717) is 11.8 Å². The number of carbonyl (C=O) groups is 1. The Bertz CT molecular complexity index is 190. The second kappa shape index (κ2) is 8.91. The molecular weight excluding hydrogens is 218 g/mol. The molecule has 0 aromatic rings. The van der Waals surface area contributed by atoms with Gasteiger partial charge in [-0.25, -0.2) is 0 Å². The number of carbonyl (C=O) groups excluding carboxylic acids is 1. The molecule has 0 aromatic carbocycles. The van der Waals surface area contributed by atoms with Crippen LogP contribution in [0.3, 0.4) is 0 Å². The van der Waals surface area contributed by atoms with Gasteiger partial charge in [-0.15, -0.1) is 0 Å². The summed E-state index contributed by atoms with van der Waals surface area (Å²) in [7, 11) is 0. The van der Waals surface area contributed by atoms with Crippen molar-refractivity contribution in [2.75, 3.05) is 12.3 Å². The van der Waals surface area contributed by atoms with Crippen molar-refractivity contribution in [2.45, 2.75) is 57.8 Å². The van der Waals surface area contributed by atoms with Crippen LogP contribution in [0.2, 0.25) is 0 Å². The first-order chi connectivity index (χ1) is 7.84. The van der Waals surface area contributed by atoms with E-state index in [1.807, 2.05) is 0 Å². The normalized spacial score (nSPS) is 17.3. The summed E-state index contributed by atoms with van der Waals surface area (Å²) in [6, 6.07) is 0. The fraction of sp³-hybridized carbons (Fsp3) is 0.923. The van der Waals surface area contributed by atoms with Crippen molar-refractivity contribution in [1.82, 2.24) is 5.32 Å². The van der Waals surface area contributed by atoms with Crippen LogP contribution >= 0.6 is 12.6 Å². The standard InChI is InChI=1S/C13H25NOS/c15-13(12-8-4-3-5-9-12)14-10-6-1-2-7-11-16/h12,16H,1-11H2,(H,14,15). The summed E-state index contributed by atoms with van der Waals surface area (Å²) in [5.41, 5.74) is 0. The van der Waals surface area contributed by atoms with Crippen LogP contribution < -0.4 is 5.32 Å². The molecule has 1 fully saturated rings. The van der Waals surface area contributed by atoms with E-state index in [1.54, 1.807) is 0 Å². The van der Waals surface area contributed by atoms with Crippen molar-refractivity contribution in [3.8, 4) is 0 Å². The summed E-state index contributed by atoms with van der Waals surface area (Å²) in [5, 5.41) is 3.07. The smallest absolute Gasteiger partial charge is 0.223 e. The highest BCUT2D eigenvalue weighted by Crippen LogP contribution is 2.23. The molecule has 0 bridgehead atoms. The Labute approximate surface area is 105 Å². The van der Waals surface area contributed by atoms with Gasteiger partial charge in [0.15, 0.2) is 0 Å². The number of nitrogens with one attached hydrogen (secondary N) is 1. The third kappa shape index (κ3) is 5.78. The van der Waals surface area contributed by atoms with Crippen LogP contribution in [0.4, 0.5) is 0 Å². The van der Waals surface area contributed by atoms with Gasteiger partial charge in [-0.1, -0.05) is 32.1 Å². The van der Waals surface area contributed by atoms with Gasteiger partial charge in [0.1, 0.15) is 0 Å². The molecule has 0 atom stereocenters. The molecule has 1 saturated carbocycles. The molecule has 1 aliphatic carbocycles. The summed E-state index contributed by atoms with van der Waals surface area (Å²) in [6.45, 7) is 0.863. The van der Waals surface area contributed by atoms with E-state index in [4.69, 9.17) is 0 Å². The van der Waals surface area contributed by atoms with Crippen molar-refractivity contribution in [3.05, 3.63) is 0 Å². The van der Waals surface area contributed by atoms with Crippen molar-refractivity contribution in [3.63, 3.8) is 0 Å². The Balaban J connectivity index is 1.97. The lowest BCUT2D eigenvalue weighted by molar-refractivity contribution is -0.125. The number of unbranched alkanes of at least 4 members (excludes halogenated alkanes) is 3. The predicted octanol–water partition coefficient (Wildman–Crippen LogP) is 3.17. The monoisotopic (exact) mass is 243 g/mol. The fourth-order valence-electron chi connectivity index (χ4n) is 2.31. The Morgan fingerprint density at radius 1 is 1.06 bits per heavy atom. The summed E-state index contributed by atoms with van der Waals surface area (Å²) in [6.07, 6.45) is 10.8. The topological polar surface area (TPSA) is 29.1 Å². The van der Waals surface area contributed by atoms with E-state index < -0.39 is 0 Å². The number of rotatable bonds is 7. The Morgan fingerprint density at radius 3 is 2.44 bits per heavy atom. The van der Waals surface area contributed by atoms with Crippen molar-refractivity contribution < 1.29 is 4.79 Å². The van der Waals surface area contributed by atoms with Gasteiger partial charge >= 0.3 is 0 Å². The van der Waals surface area contributed by atoms with Crippen LogP contribution in [0.25, 0.3) is 0 Å². The van der Waals surface area contributed by atoms with E-state index in [-0.39, 0.29) is 0 Å². The number of hydrogen-bond acceptors (Lipinski definition) is 2. The van der Waals surface area contributed by atoms with E-state index >= 15 is 0 Å². The van der Waals surface area contributed by atoms with Gasteiger partial charge in [-0.2, -0.15) is 12.6 Å². The van der Waals surface area contributed by atoms with Crippen LogP contribution in [0, 0.1) is 5.92 Å². The van der Waals surface area contributed by atoms with Crippen LogP contribution in [0.1, 0.15) is 57.8 Å². The van der Waals surface area contributed by atoms with Crippen molar-refractivity contribution in [1.29, 1.82) is 0 Å². The SMILES string of the molecule is O=C(NCCCCCCS)C1CCCCC1. The lowest BCUT2D eigenvalue weighted by atomic mass is 9.89. The van der Waals surface area contributed by atoms with Gasteiger partial charge in [-0.3, -0.25) is 4.79 Å². The number of hydrogen-bond donors (Lipinski definition) is 2. The average molecular weight is 243 g/mol. The van der Waals surface area contributed by atoms with Gasteiger partial charge in [0.05, 0.1) is 0 Å². The summed E-state index contributed by atoms with van der Waals surface area (Å²) >= 11 is 4.18. The molecule has 0 spiro atoms. The van der Waals surface area contributed by atoms with Gasteiger partial charge in [0.25, 0.3) is 0 Å². The molecule has 0 radical (unpaired) electrons. The first-order valence-corrected chi connectivity index (χ1v) is 7.36. The highest BCUT2D eigenvalue weighted by Gasteiger charge is 2.20. The molecule has 0 aromatic heterocycles. The molecule has 1 aliphatic rings. The highest BCUT2D eigenvalue weighted by atomic mass is 32.1. The molecule has 16 heavy (non-hydrogen) atoms. The minimum absolute atomic E-state index is 0.300. The Hall–Kier alpha value is -0.180. The zero-order chi connectivity index (χ0) is 11.6. The summed E-state index contributed by atoms with van der Waals surface area (Å²) in [4.78, 5) is 11.8. The van der Waals surface area contributed by atoms with Crippen LogP contribution in [-0.4, -0.2) is 18.2 Å². The summed E-state index contributed by atoms with van der Waals surface area (Å²) in [5.74, 6) is 1.59. The minimum Gasteiger partial charge on any atom is -0.356 e. The maximum Gasteiger partial charge on any atom is 0.223 e. The van der Waals surface area contributed by atoms with Crippen LogP contribution in [0.5, 0.6) is 0 Å². The highest BCUT2D eigenvalue weighted by molar-refractivity contribution is 7.80.